The lowest BCUT2D eigenvalue weighted by molar-refractivity contribution is 0.0606. The first-order valence-corrected chi connectivity index (χ1v) is 13.9. The normalized spacial score (nSPS) is 17.6. The number of thiophene rings is 1. The van der Waals surface area contributed by atoms with Gasteiger partial charge in [-0.05, 0) is 56.0 Å². The number of carbonyl (C=O) groups is 1. The summed E-state index contributed by atoms with van der Waals surface area (Å²) in [6, 6.07) is 17.0. The molecule has 2 aromatic carbocycles. The van der Waals surface area contributed by atoms with Gasteiger partial charge in [-0.1, -0.05) is 48.0 Å². The highest BCUT2D eigenvalue weighted by atomic mass is 35.5. The molecule has 0 unspecified atom stereocenters. The first kappa shape index (κ1) is 25.6. The van der Waals surface area contributed by atoms with Crippen molar-refractivity contribution in [2.45, 2.75) is 44.3 Å². The summed E-state index contributed by atoms with van der Waals surface area (Å²) in [4.78, 5) is 27.5. The third-order valence-electron chi connectivity index (χ3n) is 7.19. The fourth-order valence-electron chi connectivity index (χ4n) is 5.07. The number of rotatable bonds is 7. The Hall–Kier alpha value is -3.00. The van der Waals surface area contributed by atoms with Crippen molar-refractivity contribution in [2.24, 2.45) is 0 Å². The first-order chi connectivity index (χ1) is 17.9. The predicted octanol–water partition coefficient (Wildman–Crippen LogP) is 6.25. The zero-order chi connectivity index (χ0) is 25.9. The van der Waals surface area contributed by atoms with E-state index in [1.807, 2.05) is 73.7 Å². The number of anilines is 1. The van der Waals surface area contributed by atoms with Gasteiger partial charge in [-0.15, -0.1) is 11.3 Å². The highest BCUT2D eigenvalue weighted by Gasteiger charge is 2.31. The number of nitrogens with one attached hydrogen (secondary N) is 1. The topological polar surface area (TPSA) is 61.4 Å². The Labute approximate surface area is 227 Å². The zero-order valence-corrected chi connectivity index (χ0v) is 23.0. The summed E-state index contributed by atoms with van der Waals surface area (Å²) < 4.78 is 1.04. The maximum absolute atomic E-state index is 14.1. The number of hydrogen-bond donors (Lipinski definition) is 1. The minimum Gasteiger partial charge on any atom is -0.347 e. The molecular formula is C29H32ClN5OS. The zero-order valence-electron chi connectivity index (χ0n) is 21.4. The van der Waals surface area contributed by atoms with E-state index in [9.17, 15) is 4.79 Å². The van der Waals surface area contributed by atoms with Crippen molar-refractivity contribution in [1.82, 2.24) is 20.2 Å². The van der Waals surface area contributed by atoms with Gasteiger partial charge < -0.3 is 15.1 Å². The Bertz CT molecular complexity index is 1380. The van der Waals surface area contributed by atoms with E-state index in [1.165, 1.54) is 11.3 Å². The lowest BCUT2D eigenvalue weighted by atomic mass is 9.89. The van der Waals surface area contributed by atoms with Crippen molar-refractivity contribution in [2.75, 3.05) is 26.0 Å². The second-order valence-corrected chi connectivity index (χ2v) is 11.3. The van der Waals surface area contributed by atoms with E-state index in [2.05, 4.69) is 33.5 Å². The summed E-state index contributed by atoms with van der Waals surface area (Å²) in [6.45, 7) is 0.531. The summed E-state index contributed by atoms with van der Waals surface area (Å²) in [6.07, 6.45) is 7.75. The lowest BCUT2D eigenvalue weighted by Gasteiger charge is -2.37. The van der Waals surface area contributed by atoms with Crippen molar-refractivity contribution < 1.29 is 4.79 Å². The van der Waals surface area contributed by atoms with Gasteiger partial charge in [0.2, 0.25) is 5.95 Å². The molecule has 8 heteroatoms. The average molecular weight is 534 g/mol. The second kappa shape index (κ2) is 11.2. The van der Waals surface area contributed by atoms with E-state index < -0.39 is 0 Å². The molecule has 2 aromatic heterocycles. The molecule has 0 bridgehead atoms. The maximum atomic E-state index is 14.1. The highest BCUT2D eigenvalue weighted by Crippen LogP contribution is 2.37. The molecule has 0 radical (unpaired) electrons. The number of aromatic nitrogens is 2. The lowest BCUT2D eigenvalue weighted by Crippen LogP contribution is -2.44. The van der Waals surface area contributed by atoms with E-state index in [4.69, 9.17) is 11.6 Å². The monoisotopic (exact) mass is 533 g/mol. The number of benzene rings is 2. The predicted molar refractivity (Wildman–Crippen MR) is 154 cm³/mol. The minimum absolute atomic E-state index is 0.0168. The van der Waals surface area contributed by atoms with Gasteiger partial charge in [-0.25, -0.2) is 9.97 Å². The Balaban J connectivity index is 1.45. The van der Waals surface area contributed by atoms with Gasteiger partial charge in [0, 0.05) is 60.8 Å². The molecule has 1 amide bonds. The van der Waals surface area contributed by atoms with E-state index in [1.54, 1.807) is 0 Å². The van der Waals surface area contributed by atoms with Crippen LogP contribution in [0.15, 0.2) is 60.9 Å². The van der Waals surface area contributed by atoms with Crippen LogP contribution in [0, 0.1) is 0 Å². The summed E-state index contributed by atoms with van der Waals surface area (Å²) in [7, 11) is 5.87. The summed E-state index contributed by atoms with van der Waals surface area (Å²) in [5.41, 5.74) is 3.07. The Kier molecular flexibility index (Phi) is 7.74. The quantitative estimate of drug-likeness (QED) is 0.304. The number of hydrogen-bond acceptors (Lipinski definition) is 6. The van der Waals surface area contributed by atoms with E-state index in [0.29, 0.717) is 28.4 Å². The van der Waals surface area contributed by atoms with Crippen LogP contribution in [0.3, 0.4) is 0 Å². The first-order valence-electron chi connectivity index (χ1n) is 12.7. The van der Waals surface area contributed by atoms with Crippen LogP contribution < -0.4 is 10.2 Å². The molecule has 0 saturated heterocycles. The van der Waals surface area contributed by atoms with Crippen LogP contribution in [0.2, 0.25) is 5.02 Å². The molecule has 0 spiro atoms. The van der Waals surface area contributed by atoms with E-state index >= 15 is 0 Å². The van der Waals surface area contributed by atoms with Gasteiger partial charge in [0.1, 0.15) is 4.88 Å². The fourth-order valence-corrected chi connectivity index (χ4v) is 6.54. The maximum Gasteiger partial charge on any atom is 0.266 e. The van der Waals surface area contributed by atoms with Crippen molar-refractivity contribution >= 4 is 44.9 Å². The minimum atomic E-state index is 0.0168. The van der Waals surface area contributed by atoms with Crippen molar-refractivity contribution in [1.29, 1.82) is 0 Å². The molecule has 1 saturated carbocycles. The van der Waals surface area contributed by atoms with E-state index in [-0.39, 0.29) is 11.9 Å². The Morgan fingerprint density at radius 1 is 1.03 bits per heavy atom. The van der Waals surface area contributed by atoms with Crippen LogP contribution in [-0.4, -0.2) is 54.0 Å². The van der Waals surface area contributed by atoms with Gasteiger partial charge in [0.15, 0.2) is 0 Å². The molecule has 6 nitrogen and oxygen atoms in total. The molecule has 4 aromatic rings. The Morgan fingerprint density at radius 3 is 2.43 bits per heavy atom. The molecule has 0 atom stereocenters. The van der Waals surface area contributed by atoms with Crippen molar-refractivity contribution in [3.05, 3.63) is 76.4 Å². The van der Waals surface area contributed by atoms with Crippen LogP contribution in [0.1, 0.15) is 40.9 Å². The van der Waals surface area contributed by atoms with Gasteiger partial charge >= 0.3 is 0 Å². The molecule has 1 N–H and O–H groups in total. The van der Waals surface area contributed by atoms with E-state index in [0.717, 1.165) is 52.5 Å². The van der Waals surface area contributed by atoms with Crippen LogP contribution in [0.5, 0.6) is 0 Å². The van der Waals surface area contributed by atoms with Crippen LogP contribution in [0.25, 0.3) is 21.2 Å². The molecule has 1 aliphatic carbocycles. The molecule has 1 fully saturated rings. The standard InChI is InChI=1S/C29H32ClN5OS/c1-31-22-11-13-23(14-12-22)35(28(36)27-26(30)24-9-4-5-10-25(24)37-27)18-19-7-6-8-20(15-19)21-16-32-29(33-17-21)34(2)3/h4-10,15-17,22-23,31H,11-14,18H2,1-3H3/t22-,23-. The molecule has 0 aliphatic heterocycles. The third-order valence-corrected chi connectivity index (χ3v) is 8.85. The van der Waals surface area contributed by atoms with Crippen LogP contribution in [-0.2, 0) is 6.54 Å². The largest absolute Gasteiger partial charge is 0.347 e. The van der Waals surface area contributed by atoms with Crippen molar-refractivity contribution in [3.8, 4) is 11.1 Å². The van der Waals surface area contributed by atoms with Crippen molar-refractivity contribution in [3.63, 3.8) is 0 Å². The van der Waals surface area contributed by atoms with Gasteiger partial charge in [-0.3, -0.25) is 4.79 Å². The SMILES string of the molecule is CN[C@H]1CC[C@H](N(Cc2cccc(-c3cnc(N(C)C)nc3)c2)C(=O)c2sc3ccccc3c2Cl)CC1. The number of halogens is 1. The number of nitrogens with zero attached hydrogens (tertiary/aromatic N) is 4. The number of carbonyl (C=O) groups excluding carboxylic acids is 1. The van der Waals surface area contributed by atoms with Gasteiger partial charge in [-0.2, -0.15) is 0 Å². The molecule has 2 heterocycles. The highest BCUT2D eigenvalue weighted by molar-refractivity contribution is 7.21. The Morgan fingerprint density at radius 2 is 1.76 bits per heavy atom. The molecule has 5 rings (SSSR count). The number of amides is 1. The second-order valence-electron chi connectivity index (χ2n) is 9.84. The molecule has 1 aliphatic rings. The summed E-state index contributed by atoms with van der Waals surface area (Å²) >= 11 is 8.25. The molecule has 192 valence electrons. The molecule has 37 heavy (non-hydrogen) atoms. The molecular weight excluding hydrogens is 502 g/mol. The van der Waals surface area contributed by atoms with Gasteiger partial charge in [0.05, 0.1) is 5.02 Å². The van der Waals surface area contributed by atoms with Gasteiger partial charge in [0.25, 0.3) is 5.91 Å². The van der Waals surface area contributed by atoms with Crippen LogP contribution in [0.4, 0.5) is 5.95 Å². The number of fused-ring (bicyclic) bond motifs is 1. The van der Waals surface area contributed by atoms with Crippen LogP contribution >= 0.6 is 22.9 Å². The fraction of sp³-hybridized carbons (Fsp3) is 0.345. The third kappa shape index (κ3) is 5.49. The average Bonchev–Trinajstić information content (AvgIpc) is 3.28. The summed E-state index contributed by atoms with van der Waals surface area (Å²) in [5.74, 6) is 0.692. The summed E-state index contributed by atoms with van der Waals surface area (Å²) in [5, 5.41) is 4.91. The smallest absolute Gasteiger partial charge is 0.266 e.